The Bertz CT molecular complexity index is 391. The molecule has 0 saturated carbocycles. The number of hydrogen-bond donors (Lipinski definition) is 1. The summed E-state index contributed by atoms with van der Waals surface area (Å²) in [6.45, 7) is 4.90. The van der Waals surface area contributed by atoms with Crippen molar-refractivity contribution in [2.75, 3.05) is 6.61 Å². The van der Waals surface area contributed by atoms with Crippen LogP contribution in [0.1, 0.15) is 25.8 Å². The van der Waals surface area contributed by atoms with Crippen LogP contribution in [-0.2, 0) is 16.0 Å². The molecule has 1 saturated heterocycles. The first-order valence-corrected chi connectivity index (χ1v) is 6.66. The molecule has 3 nitrogen and oxygen atoms in total. The normalized spacial score (nSPS) is 25.6. The van der Waals surface area contributed by atoms with Crippen molar-refractivity contribution in [1.82, 2.24) is 5.32 Å². The minimum absolute atomic E-state index is 0.0235. The smallest absolute Gasteiger partial charge is 0.249 e. The van der Waals surface area contributed by atoms with E-state index >= 15 is 0 Å². The van der Waals surface area contributed by atoms with Crippen molar-refractivity contribution >= 4 is 5.91 Å². The molecule has 3 heteroatoms. The molecular weight excluding hydrogens is 226 g/mol. The standard InChI is InChI=1S/C15H21NO2/c1-3-11(2)13-10-18-14(15(17)16-13)9-12-7-5-4-6-8-12/h4-8,11,13-14H,3,9-10H2,1-2H3,(H,16,17). The van der Waals surface area contributed by atoms with Gasteiger partial charge in [-0.2, -0.15) is 0 Å². The van der Waals surface area contributed by atoms with Crippen molar-refractivity contribution < 1.29 is 9.53 Å². The van der Waals surface area contributed by atoms with E-state index in [-0.39, 0.29) is 18.1 Å². The van der Waals surface area contributed by atoms with Crippen LogP contribution < -0.4 is 5.32 Å². The van der Waals surface area contributed by atoms with E-state index in [1.54, 1.807) is 0 Å². The molecule has 0 aromatic heterocycles. The number of carbonyl (C=O) groups excluding carboxylic acids is 1. The van der Waals surface area contributed by atoms with Gasteiger partial charge in [0, 0.05) is 6.42 Å². The molecule has 0 bridgehead atoms. The molecule has 1 aromatic carbocycles. The lowest BCUT2D eigenvalue weighted by atomic mass is 9.97. The predicted octanol–water partition coefficient (Wildman–Crippen LogP) is 2.16. The molecule has 1 fully saturated rings. The maximum atomic E-state index is 12.0. The lowest BCUT2D eigenvalue weighted by Gasteiger charge is -2.32. The lowest BCUT2D eigenvalue weighted by Crippen LogP contribution is -2.54. The fraction of sp³-hybridized carbons (Fsp3) is 0.533. The first-order valence-electron chi connectivity index (χ1n) is 6.66. The fourth-order valence-corrected chi connectivity index (χ4v) is 2.18. The summed E-state index contributed by atoms with van der Waals surface area (Å²) in [6.07, 6.45) is 1.37. The van der Waals surface area contributed by atoms with Gasteiger partial charge < -0.3 is 10.1 Å². The van der Waals surface area contributed by atoms with E-state index in [1.165, 1.54) is 0 Å². The Hall–Kier alpha value is -1.35. The third kappa shape index (κ3) is 3.10. The molecule has 1 aliphatic heterocycles. The Morgan fingerprint density at radius 2 is 2.11 bits per heavy atom. The molecule has 1 heterocycles. The average molecular weight is 247 g/mol. The van der Waals surface area contributed by atoms with E-state index < -0.39 is 0 Å². The lowest BCUT2D eigenvalue weighted by molar-refractivity contribution is -0.141. The van der Waals surface area contributed by atoms with Gasteiger partial charge in [0.25, 0.3) is 0 Å². The molecule has 1 aromatic rings. The highest BCUT2D eigenvalue weighted by atomic mass is 16.5. The van der Waals surface area contributed by atoms with Crippen molar-refractivity contribution in [2.45, 2.75) is 38.8 Å². The van der Waals surface area contributed by atoms with Gasteiger partial charge in [-0.1, -0.05) is 50.6 Å². The summed E-state index contributed by atoms with van der Waals surface area (Å²) in [6, 6.07) is 10.2. The molecule has 3 unspecified atom stereocenters. The van der Waals surface area contributed by atoms with Gasteiger partial charge in [0.05, 0.1) is 12.6 Å². The van der Waals surface area contributed by atoms with Crippen molar-refractivity contribution in [3.63, 3.8) is 0 Å². The van der Waals surface area contributed by atoms with Gasteiger partial charge in [0.2, 0.25) is 5.91 Å². The summed E-state index contributed by atoms with van der Waals surface area (Å²) in [5.41, 5.74) is 1.14. The van der Waals surface area contributed by atoms with Crippen LogP contribution in [0, 0.1) is 5.92 Å². The van der Waals surface area contributed by atoms with E-state index in [0.29, 0.717) is 18.9 Å². The molecule has 1 amide bonds. The number of ether oxygens (including phenoxy) is 1. The molecule has 0 radical (unpaired) electrons. The molecule has 3 atom stereocenters. The summed E-state index contributed by atoms with van der Waals surface area (Å²) in [5, 5.41) is 3.07. The Kier molecular flexibility index (Phi) is 4.37. The Morgan fingerprint density at radius 1 is 1.39 bits per heavy atom. The highest BCUT2D eigenvalue weighted by molar-refractivity contribution is 5.82. The zero-order valence-electron chi connectivity index (χ0n) is 11.1. The maximum absolute atomic E-state index is 12.0. The van der Waals surface area contributed by atoms with Gasteiger partial charge in [-0.15, -0.1) is 0 Å². The molecule has 0 spiro atoms. The number of rotatable bonds is 4. The van der Waals surface area contributed by atoms with Crippen LogP contribution in [0.4, 0.5) is 0 Å². The minimum atomic E-state index is -0.340. The topological polar surface area (TPSA) is 38.3 Å². The van der Waals surface area contributed by atoms with Crippen LogP contribution in [0.25, 0.3) is 0 Å². The monoisotopic (exact) mass is 247 g/mol. The summed E-state index contributed by atoms with van der Waals surface area (Å²) >= 11 is 0. The molecule has 1 aliphatic rings. The van der Waals surface area contributed by atoms with Crippen LogP contribution >= 0.6 is 0 Å². The van der Waals surface area contributed by atoms with Crippen molar-refractivity contribution in [3.05, 3.63) is 35.9 Å². The van der Waals surface area contributed by atoms with E-state index in [4.69, 9.17) is 4.74 Å². The van der Waals surface area contributed by atoms with Crippen LogP contribution in [0.5, 0.6) is 0 Å². The number of morpholine rings is 1. The van der Waals surface area contributed by atoms with Crippen LogP contribution in [0.3, 0.4) is 0 Å². The van der Waals surface area contributed by atoms with Crippen molar-refractivity contribution in [1.29, 1.82) is 0 Å². The van der Waals surface area contributed by atoms with Gasteiger partial charge in [-0.3, -0.25) is 4.79 Å². The zero-order chi connectivity index (χ0) is 13.0. The summed E-state index contributed by atoms with van der Waals surface area (Å²) in [7, 11) is 0. The second-order valence-corrected chi connectivity index (χ2v) is 5.01. The van der Waals surface area contributed by atoms with Crippen LogP contribution in [-0.4, -0.2) is 24.7 Å². The summed E-state index contributed by atoms with van der Waals surface area (Å²) < 4.78 is 5.72. The SMILES string of the molecule is CCC(C)C1COC(Cc2ccccc2)C(=O)N1. The van der Waals surface area contributed by atoms with Gasteiger partial charge >= 0.3 is 0 Å². The van der Waals surface area contributed by atoms with E-state index in [9.17, 15) is 4.79 Å². The number of amides is 1. The van der Waals surface area contributed by atoms with Gasteiger partial charge in [0.15, 0.2) is 0 Å². The number of carbonyl (C=O) groups is 1. The molecular formula is C15H21NO2. The number of benzene rings is 1. The molecule has 98 valence electrons. The average Bonchev–Trinajstić information content (AvgIpc) is 2.41. The minimum Gasteiger partial charge on any atom is -0.366 e. The first kappa shape index (κ1) is 13.1. The molecule has 18 heavy (non-hydrogen) atoms. The quantitative estimate of drug-likeness (QED) is 0.885. The Morgan fingerprint density at radius 3 is 2.72 bits per heavy atom. The van der Waals surface area contributed by atoms with Crippen molar-refractivity contribution in [3.8, 4) is 0 Å². The highest BCUT2D eigenvalue weighted by Crippen LogP contribution is 2.16. The maximum Gasteiger partial charge on any atom is 0.249 e. The second kappa shape index (κ2) is 6.01. The van der Waals surface area contributed by atoms with E-state index in [1.807, 2.05) is 30.3 Å². The fourth-order valence-electron chi connectivity index (χ4n) is 2.18. The molecule has 0 aliphatic carbocycles. The summed E-state index contributed by atoms with van der Waals surface area (Å²) in [5.74, 6) is 0.488. The number of hydrogen-bond acceptors (Lipinski definition) is 2. The van der Waals surface area contributed by atoms with Gasteiger partial charge in [-0.25, -0.2) is 0 Å². The van der Waals surface area contributed by atoms with Crippen LogP contribution in [0.2, 0.25) is 0 Å². The van der Waals surface area contributed by atoms with Crippen LogP contribution in [0.15, 0.2) is 30.3 Å². The van der Waals surface area contributed by atoms with E-state index in [0.717, 1.165) is 12.0 Å². The number of nitrogens with one attached hydrogen (secondary N) is 1. The van der Waals surface area contributed by atoms with Gasteiger partial charge in [-0.05, 0) is 11.5 Å². The Labute approximate surface area is 109 Å². The third-order valence-electron chi connectivity index (χ3n) is 3.69. The summed E-state index contributed by atoms with van der Waals surface area (Å²) in [4.78, 5) is 12.0. The zero-order valence-corrected chi connectivity index (χ0v) is 11.1. The first-order chi connectivity index (χ1) is 8.70. The highest BCUT2D eigenvalue weighted by Gasteiger charge is 2.30. The largest absolute Gasteiger partial charge is 0.366 e. The van der Waals surface area contributed by atoms with E-state index in [2.05, 4.69) is 19.2 Å². The Balaban J connectivity index is 1.92. The second-order valence-electron chi connectivity index (χ2n) is 5.01. The van der Waals surface area contributed by atoms with Crippen molar-refractivity contribution in [2.24, 2.45) is 5.92 Å². The third-order valence-corrected chi connectivity index (χ3v) is 3.69. The molecule has 1 N–H and O–H groups in total. The predicted molar refractivity (Wildman–Crippen MR) is 71.3 cm³/mol. The molecule has 2 rings (SSSR count). The van der Waals surface area contributed by atoms with Gasteiger partial charge in [0.1, 0.15) is 6.10 Å².